The minimum absolute atomic E-state index is 0.177. The van der Waals surface area contributed by atoms with Gasteiger partial charge in [-0.05, 0) is 31.4 Å². The molecule has 1 aliphatic rings. The summed E-state index contributed by atoms with van der Waals surface area (Å²) < 4.78 is 11.8. The second-order valence-corrected chi connectivity index (χ2v) is 11.7. The average Bonchev–Trinajstić information content (AvgIpc) is 3.44. The lowest BCUT2D eigenvalue weighted by Gasteiger charge is -2.25. The molecule has 1 aromatic carbocycles. The molecule has 9 nitrogen and oxygen atoms in total. The maximum absolute atomic E-state index is 12.9. The lowest BCUT2D eigenvalue weighted by atomic mass is 9.91. The lowest BCUT2D eigenvalue weighted by Crippen LogP contribution is -2.42. The van der Waals surface area contributed by atoms with Gasteiger partial charge in [0.1, 0.15) is 29.3 Å². The fraction of sp³-hybridized carbons (Fsp3) is 0.481. The van der Waals surface area contributed by atoms with E-state index in [2.05, 4.69) is 24.1 Å². The lowest BCUT2D eigenvalue weighted by molar-refractivity contribution is -0.148. The molecule has 1 aliphatic heterocycles. The third kappa shape index (κ3) is 6.30. The van der Waals surface area contributed by atoms with Crippen molar-refractivity contribution in [3.63, 3.8) is 0 Å². The molecule has 198 valence electrons. The van der Waals surface area contributed by atoms with E-state index in [1.165, 1.54) is 16.2 Å². The van der Waals surface area contributed by atoms with Gasteiger partial charge in [-0.2, -0.15) is 0 Å². The molecule has 3 heterocycles. The summed E-state index contributed by atoms with van der Waals surface area (Å²) in [7, 11) is 1.60. The largest absolute Gasteiger partial charge is 0.497 e. The van der Waals surface area contributed by atoms with Gasteiger partial charge in [0, 0.05) is 41.8 Å². The van der Waals surface area contributed by atoms with Crippen LogP contribution in [0.25, 0.3) is 22.3 Å². The number of nitrogens with one attached hydrogen (secondary N) is 1. The molecule has 3 aromatic rings. The summed E-state index contributed by atoms with van der Waals surface area (Å²) in [5.41, 5.74) is 1.77. The van der Waals surface area contributed by atoms with Crippen molar-refractivity contribution in [3.8, 4) is 22.9 Å². The number of thiazole rings is 1. The number of fused-ring (bicyclic) bond motifs is 1. The van der Waals surface area contributed by atoms with E-state index in [0.717, 1.165) is 10.5 Å². The van der Waals surface area contributed by atoms with E-state index >= 15 is 0 Å². The number of carboxylic acids is 1. The fourth-order valence-electron chi connectivity index (χ4n) is 4.36. The number of ether oxygens (including phenoxy) is 2. The first-order valence-corrected chi connectivity index (χ1v) is 13.2. The zero-order valence-electron chi connectivity index (χ0n) is 22.1. The minimum atomic E-state index is -1.02. The maximum atomic E-state index is 12.9. The molecule has 2 aromatic heterocycles. The molecule has 10 heteroatoms. The Hall–Kier alpha value is -3.40. The molecular formula is C27H34N4O5S. The second-order valence-electron chi connectivity index (χ2n) is 10.8. The van der Waals surface area contributed by atoms with Crippen molar-refractivity contribution >= 4 is 39.2 Å². The van der Waals surface area contributed by atoms with Gasteiger partial charge in [-0.1, -0.05) is 20.8 Å². The van der Waals surface area contributed by atoms with Gasteiger partial charge >= 0.3 is 5.97 Å². The fourth-order valence-corrected chi connectivity index (χ4v) is 5.22. The standard InChI is InChI=1S/C27H34N4O5S/c1-15(2)28-26-30-21(14-37-26)20-11-23(18-8-7-16(35-6)9-19(18)29-20)36-17-10-22(25(33)34)31(13-17)24(32)12-27(3,4)5/h7-9,11,14-15,17,22H,10,12-13H2,1-6H3,(H,28,30)(H,33,34). The topological polar surface area (TPSA) is 114 Å². The van der Waals surface area contributed by atoms with Gasteiger partial charge in [-0.25, -0.2) is 14.8 Å². The summed E-state index contributed by atoms with van der Waals surface area (Å²) in [5, 5.41) is 16.6. The van der Waals surface area contributed by atoms with Crippen LogP contribution >= 0.6 is 11.3 Å². The van der Waals surface area contributed by atoms with Crippen LogP contribution in [0.15, 0.2) is 29.6 Å². The Morgan fingerprint density at radius 1 is 1.22 bits per heavy atom. The number of carbonyl (C=O) groups excluding carboxylic acids is 1. The number of likely N-dealkylation sites (tertiary alicyclic amines) is 1. The monoisotopic (exact) mass is 526 g/mol. The van der Waals surface area contributed by atoms with Crippen molar-refractivity contribution in [3.05, 3.63) is 29.6 Å². The van der Waals surface area contributed by atoms with Gasteiger partial charge in [0.2, 0.25) is 5.91 Å². The molecule has 0 spiro atoms. The van der Waals surface area contributed by atoms with E-state index in [9.17, 15) is 14.7 Å². The average molecular weight is 527 g/mol. The van der Waals surface area contributed by atoms with Crippen LogP contribution in [0.2, 0.25) is 0 Å². The van der Waals surface area contributed by atoms with E-state index < -0.39 is 18.1 Å². The Bertz CT molecular complexity index is 1300. The van der Waals surface area contributed by atoms with Crippen LogP contribution in [0.5, 0.6) is 11.5 Å². The first kappa shape index (κ1) is 26.7. The molecule has 2 atom stereocenters. The quantitative estimate of drug-likeness (QED) is 0.419. The molecule has 0 aliphatic carbocycles. The zero-order chi connectivity index (χ0) is 26.9. The Balaban J connectivity index is 1.67. The van der Waals surface area contributed by atoms with E-state index in [1.807, 2.05) is 50.4 Å². The number of benzene rings is 1. The minimum Gasteiger partial charge on any atom is -0.497 e. The van der Waals surface area contributed by atoms with Crippen molar-refractivity contribution in [2.75, 3.05) is 19.0 Å². The highest BCUT2D eigenvalue weighted by atomic mass is 32.1. The molecule has 1 saturated heterocycles. The summed E-state index contributed by atoms with van der Waals surface area (Å²) in [5.74, 6) is 0.0253. The Morgan fingerprint density at radius 2 is 1.97 bits per heavy atom. The summed E-state index contributed by atoms with van der Waals surface area (Å²) in [4.78, 5) is 35.9. The van der Waals surface area contributed by atoms with Crippen LogP contribution in [0.3, 0.4) is 0 Å². The van der Waals surface area contributed by atoms with Crippen molar-refractivity contribution in [1.29, 1.82) is 0 Å². The van der Waals surface area contributed by atoms with Crippen molar-refractivity contribution in [1.82, 2.24) is 14.9 Å². The maximum Gasteiger partial charge on any atom is 0.326 e. The molecule has 0 bridgehead atoms. The van der Waals surface area contributed by atoms with Crippen molar-refractivity contribution < 1.29 is 24.2 Å². The third-order valence-electron chi connectivity index (χ3n) is 6.00. The van der Waals surface area contributed by atoms with Gasteiger partial charge in [-0.15, -0.1) is 11.3 Å². The van der Waals surface area contributed by atoms with E-state index in [-0.39, 0.29) is 36.8 Å². The number of carbonyl (C=O) groups is 2. The number of aromatic nitrogens is 2. The van der Waals surface area contributed by atoms with Gasteiger partial charge in [0.05, 0.1) is 24.9 Å². The van der Waals surface area contributed by atoms with Gasteiger partial charge in [0.25, 0.3) is 0 Å². The number of rotatable bonds is 8. The predicted molar refractivity (Wildman–Crippen MR) is 144 cm³/mol. The number of anilines is 1. The van der Waals surface area contributed by atoms with Crippen molar-refractivity contribution in [2.45, 2.75) is 65.6 Å². The van der Waals surface area contributed by atoms with Crippen LogP contribution in [-0.4, -0.2) is 63.7 Å². The van der Waals surface area contributed by atoms with Crippen LogP contribution in [0.4, 0.5) is 5.13 Å². The Labute approximate surface area is 220 Å². The summed E-state index contributed by atoms with van der Waals surface area (Å²) in [6.45, 7) is 10.2. The first-order valence-electron chi connectivity index (χ1n) is 12.3. The highest BCUT2D eigenvalue weighted by Gasteiger charge is 2.41. The van der Waals surface area contributed by atoms with Crippen molar-refractivity contribution in [2.24, 2.45) is 5.41 Å². The number of carboxylic acid groups (broad SMARTS) is 1. The predicted octanol–water partition coefficient (Wildman–Crippen LogP) is 5.06. The molecule has 0 saturated carbocycles. The molecule has 37 heavy (non-hydrogen) atoms. The smallest absolute Gasteiger partial charge is 0.326 e. The number of amides is 1. The molecule has 0 radical (unpaired) electrons. The summed E-state index contributed by atoms with van der Waals surface area (Å²) in [6, 6.07) is 6.70. The van der Waals surface area contributed by atoms with E-state index in [1.54, 1.807) is 7.11 Å². The number of methoxy groups -OCH3 is 1. The highest BCUT2D eigenvalue weighted by molar-refractivity contribution is 7.14. The molecule has 2 N–H and O–H groups in total. The van der Waals surface area contributed by atoms with Gasteiger partial charge in [0.15, 0.2) is 5.13 Å². The molecular weight excluding hydrogens is 492 g/mol. The van der Waals surface area contributed by atoms with E-state index in [4.69, 9.17) is 14.5 Å². The summed E-state index contributed by atoms with van der Waals surface area (Å²) in [6.07, 6.45) is 0.00110. The van der Waals surface area contributed by atoms with Crippen LogP contribution < -0.4 is 14.8 Å². The van der Waals surface area contributed by atoms with Crippen LogP contribution in [0.1, 0.15) is 47.5 Å². The number of pyridine rings is 1. The Kier molecular flexibility index (Phi) is 7.59. The highest BCUT2D eigenvalue weighted by Crippen LogP contribution is 2.35. The molecule has 4 rings (SSSR count). The van der Waals surface area contributed by atoms with E-state index in [0.29, 0.717) is 28.4 Å². The number of hydrogen-bond donors (Lipinski definition) is 2. The number of nitrogens with zero attached hydrogens (tertiary/aromatic N) is 3. The van der Waals surface area contributed by atoms with Gasteiger partial charge < -0.3 is 24.8 Å². The zero-order valence-corrected chi connectivity index (χ0v) is 22.9. The third-order valence-corrected chi connectivity index (χ3v) is 6.77. The molecule has 2 unspecified atom stereocenters. The SMILES string of the molecule is COc1ccc2c(OC3CC(C(=O)O)N(C(=O)CC(C)(C)C)C3)cc(-c3csc(NC(C)C)n3)nc2c1. The first-order chi connectivity index (χ1) is 17.4. The van der Waals surface area contributed by atoms with Crippen LogP contribution in [0, 0.1) is 5.41 Å². The second kappa shape index (κ2) is 10.5. The normalized spacial score (nSPS) is 17.9. The van der Waals surface area contributed by atoms with Gasteiger partial charge in [-0.3, -0.25) is 4.79 Å². The number of hydrogen-bond acceptors (Lipinski definition) is 8. The Morgan fingerprint density at radius 3 is 2.62 bits per heavy atom. The summed E-state index contributed by atoms with van der Waals surface area (Å²) >= 11 is 1.50. The molecule has 1 fully saturated rings. The van der Waals surface area contributed by atoms with Crippen LogP contribution in [-0.2, 0) is 9.59 Å². The molecule has 1 amide bonds. The number of aliphatic carboxylic acids is 1.